The first-order valence-corrected chi connectivity index (χ1v) is 45.0. The number of piperazine rings is 4. The molecule has 5 aliphatic rings. The predicted octanol–water partition coefficient (Wildman–Crippen LogP) is 16.3. The number of benzene rings is 5. The molecule has 10 aromatic rings. The zero-order valence-electron chi connectivity index (χ0n) is 78.4. The quantitative estimate of drug-likeness (QED) is 0.0150. The molecule has 34 nitrogen and oxygen atoms in total. The molecule has 15 rings (SSSR count). The summed E-state index contributed by atoms with van der Waals surface area (Å²) in [6.45, 7) is 48.1. The summed E-state index contributed by atoms with van der Waals surface area (Å²) in [7, 11) is 0. The van der Waals surface area contributed by atoms with Crippen molar-refractivity contribution in [2.24, 2.45) is 11.5 Å². The van der Waals surface area contributed by atoms with Gasteiger partial charge in [0.25, 0.3) is 11.8 Å². The summed E-state index contributed by atoms with van der Waals surface area (Å²) in [6, 6.07) is 37.8. The maximum absolute atomic E-state index is 11.8. The molecule has 132 heavy (non-hydrogen) atoms. The summed E-state index contributed by atoms with van der Waals surface area (Å²) in [6.07, 6.45) is 4.32. The minimum atomic E-state index is -1.06. The van der Waals surface area contributed by atoms with Crippen LogP contribution in [0.1, 0.15) is 189 Å². The van der Waals surface area contributed by atoms with Gasteiger partial charge in [0.2, 0.25) is 17.3 Å². The first kappa shape index (κ1) is 109. The molecule has 0 atom stereocenters. The van der Waals surface area contributed by atoms with Gasteiger partial charge in [-0.05, 0) is 251 Å². The van der Waals surface area contributed by atoms with Crippen molar-refractivity contribution in [2.45, 2.75) is 158 Å². The number of rotatable bonds is 16. The van der Waals surface area contributed by atoms with E-state index in [0.29, 0.717) is 47.8 Å². The molecule has 0 unspecified atom stereocenters. The van der Waals surface area contributed by atoms with Crippen LogP contribution in [0.5, 0.6) is 0 Å². The van der Waals surface area contributed by atoms with Crippen molar-refractivity contribution < 1.29 is 108 Å². The normalized spacial score (nSPS) is 14.5. The van der Waals surface area contributed by atoms with E-state index >= 15 is 0 Å². The van der Waals surface area contributed by atoms with Crippen molar-refractivity contribution in [3.8, 4) is 0 Å². The summed E-state index contributed by atoms with van der Waals surface area (Å²) < 4.78 is 60.7. The average Bonchev–Trinajstić information content (AvgIpc) is 1.54. The van der Waals surface area contributed by atoms with Gasteiger partial charge in [0.05, 0.1) is 19.8 Å². The Kier molecular flexibility index (Phi) is 44.6. The highest BCUT2D eigenvalue weighted by Gasteiger charge is 2.30. The molecule has 0 radical (unpaired) electrons. The second-order valence-corrected chi connectivity index (χ2v) is 35.1. The second kappa shape index (κ2) is 54.1. The fourth-order valence-electron chi connectivity index (χ4n) is 13.7. The van der Waals surface area contributed by atoms with E-state index in [1.54, 1.807) is 111 Å². The molecular weight excluding hydrogens is 1750 g/mol. The highest BCUT2D eigenvalue weighted by molar-refractivity contribution is 6.18. The van der Waals surface area contributed by atoms with Gasteiger partial charge < -0.3 is 103 Å². The van der Waals surface area contributed by atoms with Gasteiger partial charge in [0, 0.05) is 196 Å². The molecule has 10 heterocycles. The lowest BCUT2D eigenvalue weighted by atomic mass is 10.0. The molecular formula is C96H129Cl2N11O23. The Labute approximate surface area is 779 Å². The Bertz CT molecular complexity index is 5310. The smallest absolute Gasteiger partial charge is 0.460 e. The fraction of sp³-hybridized carbons (Fsp3) is 0.490. The average molecular weight is 1880 g/mol. The number of nitrogen functional groups attached to an aromatic ring is 1. The van der Waals surface area contributed by atoms with Crippen molar-refractivity contribution in [2.75, 3.05) is 175 Å². The summed E-state index contributed by atoms with van der Waals surface area (Å²) in [4.78, 5) is 126. The van der Waals surface area contributed by atoms with E-state index in [1.807, 2.05) is 48.5 Å². The van der Waals surface area contributed by atoms with Gasteiger partial charge in [-0.1, -0.05) is 6.42 Å². The Morgan fingerprint density at radius 3 is 0.894 bits per heavy atom. The largest absolute Gasteiger partial charge is 0.519 e. The molecule has 0 aliphatic carbocycles. The molecule has 5 fully saturated rings. The van der Waals surface area contributed by atoms with Crippen molar-refractivity contribution in [1.82, 2.24) is 20.4 Å². The Hall–Kier alpha value is -12.0. The van der Waals surface area contributed by atoms with Gasteiger partial charge in [-0.3, -0.25) is 19.4 Å². The van der Waals surface area contributed by atoms with E-state index in [1.165, 1.54) is 24.9 Å². The van der Waals surface area contributed by atoms with Crippen molar-refractivity contribution in [3.05, 3.63) is 150 Å². The lowest BCUT2D eigenvalue weighted by Gasteiger charge is -2.43. The molecule has 36 heteroatoms. The van der Waals surface area contributed by atoms with E-state index < -0.39 is 53.2 Å². The van der Waals surface area contributed by atoms with Crippen LogP contribution in [0.2, 0.25) is 0 Å². The highest BCUT2D eigenvalue weighted by atomic mass is 35.5. The van der Waals surface area contributed by atoms with Gasteiger partial charge in [0.15, 0.2) is 11.5 Å². The minimum Gasteiger partial charge on any atom is -0.460 e. The minimum absolute atomic E-state index is 0.206. The van der Waals surface area contributed by atoms with Crippen LogP contribution in [0, 0.1) is 0 Å². The van der Waals surface area contributed by atoms with Crippen LogP contribution < -0.4 is 47.4 Å². The number of halogens is 2. The van der Waals surface area contributed by atoms with Crippen molar-refractivity contribution in [3.63, 3.8) is 0 Å². The monoisotopic (exact) mass is 1870 g/mol. The third-order valence-corrected chi connectivity index (χ3v) is 20.7. The first-order chi connectivity index (χ1) is 62.7. The number of carbonyl (C=O) groups excluding carboxylic acids is 11. The highest BCUT2D eigenvalue weighted by Crippen LogP contribution is 2.33. The zero-order valence-corrected chi connectivity index (χ0v) is 79.9. The number of hydrogen-bond acceptors (Lipinski definition) is 32. The summed E-state index contributed by atoms with van der Waals surface area (Å²) in [5, 5.41) is 11.2. The van der Waals surface area contributed by atoms with Crippen LogP contribution in [0.4, 0.5) is 38.0 Å². The molecule has 720 valence electrons. The summed E-state index contributed by atoms with van der Waals surface area (Å²) in [5.41, 5.74) is 23.9. The number of nitrogens with one attached hydrogen (secondary N) is 2. The number of anilines is 5. The third kappa shape index (κ3) is 37.0. The van der Waals surface area contributed by atoms with Gasteiger partial charge in [-0.15, -0.1) is 23.2 Å². The van der Waals surface area contributed by atoms with Gasteiger partial charge in [-0.2, -0.15) is 19.2 Å². The number of alkyl halides is 2. The lowest BCUT2D eigenvalue weighted by Crippen LogP contribution is -2.53. The molecule has 0 saturated carbocycles. The van der Waals surface area contributed by atoms with Crippen LogP contribution in [-0.4, -0.2) is 236 Å². The number of fused-ring (bicyclic) bond motifs is 5. The number of esters is 3. The molecule has 2 amide bonds. The first-order valence-electron chi connectivity index (χ1n) is 44.0. The van der Waals surface area contributed by atoms with E-state index in [9.17, 15) is 33.6 Å². The topological polar surface area (TPSA) is 440 Å². The molecule has 5 aromatic heterocycles. The third-order valence-electron chi connectivity index (χ3n) is 20.1. The Morgan fingerprint density at radius 1 is 0.379 bits per heavy atom. The van der Waals surface area contributed by atoms with E-state index in [4.69, 9.17) is 110 Å². The van der Waals surface area contributed by atoms with Crippen LogP contribution >= 0.6 is 23.2 Å². The van der Waals surface area contributed by atoms with Crippen molar-refractivity contribution >= 4 is 161 Å². The number of hydrogen-bond donors (Lipinski definition) is 5. The number of primary amides is 2. The van der Waals surface area contributed by atoms with Gasteiger partial charge in [0.1, 0.15) is 39.1 Å². The summed E-state index contributed by atoms with van der Waals surface area (Å²) in [5.74, 6) is 0.374. The predicted molar refractivity (Wildman–Crippen MR) is 507 cm³/mol. The van der Waals surface area contributed by atoms with Crippen LogP contribution in [0.3, 0.4) is 0 Å². The van der Waals surface area contributed by atoms with Crippen LogP contribution in [0.15, 0.2) is 143 Å². The lowest BCUT2D eigenvalue weighted by molar-refractivity contribution is -0.193. The molecule has 5 aliphatic heterocycles. The molecule has 0 bridgehead atoms. The maximum atomic E-state index is 11.8. The molecule has 5 aromatic carbocycles. The fourth-order valence-corrected chi connectivity index (χ4v) is 14.1. The van der Waals surface area contributed by atoms with E-state index in [2.05, 4.69) is 111 Å². The number of nitrogens with zero attached hydrogens (tertiary/aromatic N) is 6. The second-order valence-electron chi connectivity index (χ2n) is 34.3. The number of carbonyl (C=O) groups is 7. The van der Waals surface area contributed by atoms with Crippen molar-refractivity contribution in [1.29, 1.82) is 0 Å². The number of ether oxygens (including phenoxy) is 7. The number of unbranched alkanes of at least 4 members (excludes halogenated alkanes) is 2. The van der Waals surface area contributed by atoms with E-state index in [0.717, 1.165) is 192 Å². The Balaban J connectivity index is 0.000000236. The summed E-state index contributed by atoms with van der Waals surface area (Å²) >= 11 is 10.8. The number of furan rings is 5. The zero-order chi connectivity index (χ0) is 97.3. The van der Waals surface area contributed by atoms with Crippen LogP contribution in [0.25, 0.3) is 54.8 Å². The maximum Gasteiger partial charge on any atom is 0.519 e. The standard InChI is InChI=1S/C19H26N2O3.C17H23N3O2.C15H18N2O3.C13H15N3O2.C11H11NO3.C10H18O5.C5H10Cl2.C4H8O.2CO2/c1-5-23-18(22)17-13-14-12-15(6-7-16(14)24-17)20-8-10-21(11-9-20)19(2,3)4;1-17(2,3)20-8-6-19(7-9-20)13-4-5-14-12(10-13)11-15(22-14)16(18)21;1-2-19-15(18)14-10-11-9-12(3-4-13(11)20-14)17-7-5-16-6-8-17;14-13(17)12-8-9-7-10(1-2-11(9)18-12)16-5-3-15-4-6-16;1-2-14-11(13)10-6-7-5-8(12)3-4-9(7)15-10;1-9(2,3)14-7(11)13-8(12)15-10(4,5)6;6-4-2-1-3-5-7;1-2-4-5-3-1;2*2-1-3/h6-7,12-13H,5,8-11H2,1-4H3;4-5,10-11H,6-9H2,1-3H3,(H2,18,21);3-4,9-10,16H,2,5-8H2,1H3;1-2,7-8,15H,3-6H2,(H2,14,17);3-6H,2,12H2,1H3;1-6H3;1-5H2;1-4H2;;. The molecule has 5 saturated heterocycles. The number of nitrogens with two attached hydrogens (primary N) is 3. The van der Waals surface area contributed by atoms with Gasteiger partial charge >= 0.3 is 42.5 Å². The van der Waals surface area contributed by atoms with E-state index in [-0.39, 0.29) is 52.2 Å². The van der Waals surface area contributed by atoms with Crippen LogP contribution in [-0.2, 0) is 52.3 Å². The SMILES string of the molecule is C1CCOC1.CC(C)(C)N1CCN(c2ccc3oc(C(N)=O)cc3c2)CC1.CC(C)(C)OC(=O)OC(=O)OC(C)(C)C.CCOC(=O)c1cc2cc(N)ccc2o1.CCOC(=O)c1cc2cc(N3CCN(C(C)(C)C)CC3)ccc2o1.CCOC(=O)c1cc2cc(N3CCNCC3)ccc2o1.ClCCCCCCl.NC(=O)c1cc2cc(N3CCNCC3)ccc2o1.O=C=O.O=C=O. The molecule has 0 spiro atoms. The van der Waals surface area contributed by atoms with Gasteiger partial charge in [-0.25, -0.2) is 24.0 Å². The Morgan fingerprint density at radius 2 is 0.644 bits per heavy atom. The number of amides is 2. The molecule has 8 N–H and O–H groups in total.